The number of carboxylic acids is 1. The summed E-state index contributed by atoms with van der Waals surface area (Å²) in [5.41, 5.74) is 4.47. The normalized spacial score (nSPS) is 11.2. The zero-order chi connectivity index (χ0) is 20.4. The van der Waals surface area contributed by atoms with Gasteiger partial charge in [0.1, 0.15) is 5.58 Å². The number of hydrogen-bond donors (Lipinski definition) is 2. The second-order valence-corrected chi connectivity index (χ2v) is 6.59. The van der Waals surface area contributed by atoms with E-state index in [0.29, 0.717) is 22.0 Å². The molecule has 0 saturated heterocycles. The van der Waals surface area contributed by atoms with Crippen LogP contribution >= 0.6 is 11.6 Å². The van der Waals surface area contributed by atoms with Gasteiger partial charge in [-0.2, -0.15) is 5.10 Å². The van der Waals surface area contributed by atoms with Crippen LogP contribution in [0.1, 0.15) is 26.6 Å². The highest BCUT2D eigenvalue weighted by Crippen LogP contribution is 2.23. The molecule has 0 aliphatic rings. The summed E-state index contributed by atoms with van der Waals surface area (Å²) in [6, 6.07) is 16.8. The Labute approximate surface area is 169 Å². The summed E-state index contributed by atoms with van der Waals surface area (Å²) in [5.74, 6) is -1.39. The molecule has 8 heteroatoms. The highest BCUT2D eigenvalue weighted by atomic mass is 35.5. The van der Waals surface area contributed by atoms with Crippen molar-refractivity contribution >= 4 is 40.7 Å². The van der Waals surface area contributed by atoms with Crippen molar-refractivity contribution < 1.29 is 19.1 Å². The van der Waals surface area contributed by atoms with Crippen LogP contribution in [0.15, 0.2) is 76.4 Å². The molecular formula is C21H14ClN3O4. The number of carbonyl (C=O) groups is 2. The van der Waals surface area contributed by atoms with Crippen molar-refractivity contribution in [3.8, 4) is 5.69 Å². The summed E-state index contributed by atoms with van der Waals surface area (Å²) in [4.78, 5) is 23.5. The van der Waals surface area contributed by atoms with Crippen molar-refractivity contribution in [2.75, 3.05) is 0 Å². The van der Waals surface area contributed by atoms with Crippen LogP contribution in [0.2, 0.25) is 5.02 Å². The van der Waals surface area contributed by atoms with E-state index in [1.54, 1.807) is 65.4 Å². The Morgan fingerprint density at radius 1 is 1.10 bits per heavy atom. The lowest BCUT2D eigenvalue weighted by Gasteiger charge is -2.07. The molecule has 0 unspecified atom stereocenters. The number of benzene rings is 2. The molecule has 7 nitrogen and oxygen atoms in total. The number of aromatic carboxylic acids is 1. The first-order valence-electron chi connectivity index (χ1n) is 8.55. The lowest BCUT2D eigenvalue weighted by atomic mass is 10.2. The van der Waals surface area contributed by atoms with Crippen LogP contribution in [0, 0.1) is 0 Å². The van der Waals surface area contributed by atoms with Gasteiger partial charge in [-0.3, -0.25) is 4.79 Å². The number of fused-ring (bicyclic) bond motifs is 1. The predicted molar refractivity (Wildman–Crippen MR) is 109 cm³/mol. The fourth-order valence-electron chi connectivity index (χ4n) is 2.86. The third kappa shape index (κ3) is 3.90. The van der Waals surface area contributed by atoms with Gasteiger partial charge in [-0.25, -0.2) is 10.2 Å². The number of nitrogens with zero attached hydrogens (tertiary/aromatic N) is 2. The number of aromatic nitrogens is 1. The number of carbonyl (C=O) groups excluding carboxylic acids is 1. The van der Waals surface area contributed by atoms with Crippen molar-refractivity contribution in [2.24, 2.45) is 5.10 Å². The number of carboxylic acid groups (broad SMARTS) is 1. The van der Waals surface area contributed by atoms with Crippen molar-refractivity contribution in [1.82, 2.24) is 9.99 Å². The number of nitrogens with one attached hydrogen (secondary N) is 1. The SMILES string of the molecule is O=C(O)c1cccc(-n2cccc2/C=N\NC(=O)c2cc3cc(Cl)ccc3o2)c1. The first-order chi connectivity index (χ1) is 14.0. The quantitative estimate of drug-likeness (QED) is 0.380. The maximum Gasteiger partial charge on any atom is 0.335 e. The van der Waals surface area contributed by atoms with Gasteiger partial charge in [0.2, 0.25) is 0 Å². The van der Waals surface area contributed by atoms with Crippen LogP contribution in [-0.4, -0.2) is 27.8 Å². The molecule has 1 amide bonds. The molecule has 0 spiro atoms. The first-order valence-corrected chi connectivity index (χ1v) is 8.93. The summed E-state index contributed by atoms with van der Waals surface area (Å²) in [6.07, 6.45) is 3.23. The van der Waals surface area contributed by atoms with Crippen LogP contribution in [-0.2, 0) is 0 Å². The molecule has 0 radical (unpaired) electrons. The standard InChI is InChI=1S/C21H14ClN3O4/c22-15-6-7-18-14(9-15)11-19(29-18)20(26)24-23-12-17-5-2-8-25(17)16-4-1-3-13(10-16)21(27)28/h1-12H,(H,24,26)(H,27,28)/b23-12-. The minimum Gasteiger partial charge on any atom is -0.478 e. The number of furan rings is 1. The highest BCUT2D eigenvalue weighted by molar-refractivity contribution is 6.31. The molecule has 2 N–H and O–H groups in total. The van der Waals surface area contributed by atoms with Gasteiger partial charge in [0.25, 0.3) is 0 Å². The molecular weight excluding hydrogens is 394 g/mol. The van der Waals surface area contributed by atoms with Gasteiger partial charge in [0, 0.05) is 22.3 Å². The van der Waals surface area contributed by atoms with Crippen molar-refractivity contribution in [1.29, 1.82) is 0 Å². The molecule has 0 aliphatic heterocycles. The third-order valence-electron chi connectivity index (χ3n) is 4.22. The Hall–Kier alpha value is -3.84. The van der Waals surface area contributed by atoms with E-state index in [1.165, 1.54) is 12.3 Å². The predicted octanol–water partition coefficient (Wildman–Crippen LogP) is 4.34. The zero-order valence-corrected chi connectivity index (χ0v) is 15.6. The van der Waals surface area contributed by atoms with E-state index in [0.717, 1.165) is 5.39 Å². The maximum atomic E-state index is 12.3. The monoisotopic (exact) mass is 407 g/mol. The van der Waals surface area contributed by atoms with Gasteiger partial charge in [-0.15, -0.1) is 0 Å². The van der Waals surface area contributed by atoms with E-state index < -0.39 is 11.9 Å². The van der Waals surface area contributed by atoms with E-state index in [4.69, 9.17) is 21.1 Å². The molecule has 4 rings (SSSR count). The van der Waals surface area contributed by atoms with Crippen molar-refractivity contribution in [3.63, 3.8) is 0 Å². The Kier molecular flexibility index (Phi) is 4.88. The third-order valence-corrected chi connectivity index (χ3v) is 4.45. The van der Waals surface area contributed by atoms with Gasteiger partial charge < -0.3 is 14.1 Å². The highest BCUT2D eigenvalue weighted by Gasteiger charge is 2.12. The van der Waals surface area contributed by atoms with Gasteiger partial charge in [0.05, 0.1) is 17.5 Å². The van der Waals surface area contributed by atoms with Crippen LogP contribution in [0.3, 0.4) is 0 Å². The molecule has 29 heavy (non-hydrogen) atoms. The smallest absolute Gasteiger partial charge is 0.335 e. The lowest BCUT2D eigenvalue weighted by molar-refractivity contribution is 0.0696. The fraction of sp³-hybridized carbons (Fsp3) is 0. The van der Waals surface area contributed by atoms with Gasteiger partial charge in [-0.05, 0) is 54.6 Å². The summed E-state index contributed by atoms with van der Waals surface area (Å²) >= 11 is 5.94. The maximum absolute atomic E-state index is 12.3. The molecule has 0 saturated carbocycles. The average molecular weight is 408 g/mol. The minimum absolute atomic E-state index is 0.115. The number of hydrogen-bond acceptors (Lipinski definition) is 4. The van der Waals surface area contributed by atoms with E-state index in [9.17, 15) is 9.59 Å². The Morgan fingerprint density at radius 2 is 1.97 bits per heavy atom. The van der Waals surface area contributed by atoms with Crippen LogP contribution < -0.4 is 5.43 Å². The molecule has 4 aromatic rings. The fourth-order valence-corrected chi connectivity index (χ4v) is 3.04. The first kappa shape index (κ1) is 18.5. The van der Waals surface area contributed by atoms with E-state index in [1.807, 2.05) is 0 Å². The number of amides is 1. The summed E-state index contributed by atoms with van der Waals surface area (Å²) in [6.45, 7) is 0. The summed E-state index contributed by atoms with van der Waals surface area (Å²) < 4.78 is 7.25. The van der Waals surface area contributed by atoms with Gasteiger partial charge in [0.15, 0.2) is 5.76 Å². The topological polar surface area (TPSA) is 96.8 Å². The minimum atomic E-state index is -1.01. The van der Waals surface area contributed by atoms with E-state index in [2.05, 4.69) is 10.5 Å². The Balaban J connectivity index is 1.51. The van der Waals surface area contributed by atoms with Crippen LogP contribution in [0.25, 0.3) is 16.7 Å². The second kappa shape index (κ2) is 7.65. The van der Waals surface area contributed by atoms with Crippen molar-refractivity contribution in [2.45, 2.75) is 0 Å². The Morgan fingerprint density at radius 3 is 2.79 bits per heavy atom. The lowest BCUT2D eigenvalue weighted by Crippen LogP contribution is -2.17. The molecule has 0 atom stereocenters. The largest absolute Gasteiger partial charge is 0.478 e. The Bertz CT molecular complexity index is 1260. The van der Waals surface area contributed by atoms with Gasteiger partial charge in [-0.1, -0.05) is 17.7 Å². The van der Waals surface area contributed by atoms with E-state index in [-0.39, 0.29) is 11.3 Å². The second-order valence-electron chi connectivity index (χ2n) is 6.15. The summed E-state index contributed by atoms with van der Waals surface area (Å²) in [7, 11) is 0. The van der Waals surface area contributed by atoms with Crippen molar-refractivity contribution in [3.05, 3.63) is 88.9 Å². The number of halogens is 1. The molecule has 0 aliphatic carbocycles. The molecule has 2 heterocycles. The molecule has 144 valence electrons. The summed E-state index contributed by atoms with van der Waals surface area (Å²) in [5, 5.41) is 14.4. The van der Waals surface area contributed by atoms with Gasteiger partial charge >= 0.3 is 11.9 Å². The average Bonchev–Trinajstić information content (AvgIpc) is 3.34. The van der Waals surface area contributed by atoms with E-state index >= 15 is 0 Å². The van der Waals surface area contributed by atoms with Crippen LogP contribution in [0.5, 0.6) is 0 Å². The molecule has 0 bridgehead atoms. The molecule has 2 aromatic heterocycles. The molecule has 0 fully saturated rings. The van der Waals surface area contributed by atoms with Crippen LogP contribution in [0.4, 0.5) is 0 Å². The number of hydrazone groups is 1. The molecule has 2 aromatic carbocycles. The zero-order valence-electron chi connectivity index (χ0n) is 14.9. The number of rotatable bonds is 5.